The number of fused-ring (bicyclic) bond motifs is 4. The lowest BCUT2D eigenvalue weighted by atomic mass is 9.72. The van der Waals surface area contributed by atoms with Crippen LogP contribution in [0.5, 0.6) is 11.8 Å². The summed E-state index contributed by atoms with van der Waals surface area (Å²) in [5.74, 6) is 2.74. The number of halogens is 1. The van der Waals surface area contributed by atoms with E-state index in [1.165, 1.54) is 6.07 Å². The number of hydrogen-bond donors (Lipinski definition) is 2. The fraction of sp³-hybridized carbons (Fsp3) is 0.462. The third-order valence-electron chi connectivity index (χ3n) is 7.47. The molecule has 1 aromatic carbocycles. The molecule has 3 heterocycles. The lowest BCUT2D eigenvalue weighted by Crippen LogP contribution is -2.46. The second-order valence-electron chi connectivity index (χ2n) is 10.9. The number of nitrogens with zero attached hydrogens (tertiary/aromatic N) is 5. The van der Waals surface area contributed by atoms with Crippen LogP contribution in [0, 0.1) is 17.7 Å². The molecule has 1 saturated carbocycles. The van der Waals surface area contributed by atoms with Gasteiger partial charge in [-0.1, -0.05) is 20.8 Å². The minimum absolute atomic E-state index is 0.155. The number of benzene rings is 1. The van der Waals surface area contributed by atoms with Crippen LogP contribution in [0.3, 0.4) is 0 Å². The highest BCUT2D eigenvalue weighted by molar-refractivity contribution is 5.88. The first kappa shape index (κ1) is 22.2. The van der Waals surface area contributed by atoms with Gasteiger partial charge in [-0.2, -0.15) is 9.97 Å². The Balaban J connectivity index is 1.41. The number of aromatic nitrogens is 4. The van der Waals surface area contributed by atoms with E-state index in [-0.39, 0.29) is 23.3 Å². The summed E-state index contributed by atoms with van der Waals surface area (Å²) in [7, 11) is 1.81. The smallest absolute Gasteiger partial charge is 0.324 e. The Bertz CT molecular complexity index is 1300. The van der Waals surface area contributed by atoms with Crippen LogP contribution < -0.4 is 20.7 Å². The molecule has 1 saturated heterocycles. The Morgan fingerprint density at radius 3 is 2.57 bits per heavy atom. The number of ether oxygens (including phenoxy) is 1. The molecule has 2 unspecified atom stereocenters. The quantitative estimate of drug-likeness (QED) is 0.458. The van der Waals surface area contributed by atoms with Gasteiger partial charge in [0.25, 0.3) is 0 Å². The van der Waals surface area contributed by atoms with Crippen LogP contribution in [0.25, 0.3) is 11.1 Å². The van der Waals surface area contributed by atoms with Gasteiger partial charge in [-0.15, -0.1) is 0 Å². The Hall–Kier alpha value is -3.33. The van der Waals surface area contributed by atoms with Crippen LogP contribution in [-0.4, -0.2) is 46.1 Å². The highest BCUT2D eigenvalue weighted by Crippen LogP contribution is 2.48. The molecule has 3 atom stereocenters. The van der Waals surface area contributed by atoms with E-state index in [1.807, 2.05) is 0 Å². The van der Waals surface area contributed by atoms with Crippen LogP contribution in [0.1, 0.15) is 44.3 Å². The van der Waals surface area contributed by atoms with Crippen molar-refractivity contribution in [3.05, 3.63) is 47.4 Å². The maximum atomic E-state index is 14.5. The molecule has 3 aromatic rings. The summed E-state index contributed by atoms with van der Waals surface area (Å²) in [5.41, 5.74) is 10.5. The van der Waals surface area contributed by atoms with Crippen molar-refractivity contribution in [1.82, 2.24) is 19.9 Å². The van der Waals surface area contributed by atoms with E-state index in [9.17, 15) is 4.39 Å². The van der Waals surface area contributed by atoms with Crippen LogP contribution in [0.4, 0.5) is 15.9 Å². The van der Waals surface area contributed by atoms with Gasteiger partial charge in [0.1, 0.15) is 17.5 Å². The van der Waals surface area contributed by atoms with Gasteiger partial charge in [-0.3, -0.25) is 0 Å². The average molecular weight is 476 g/mol. The predicted molar refractivity (Wildman–Crippen MR) is 132 cm³/mol. The van der Waals surface area contributed by atoms with Gasteiger partial charge < -0.3 is 20.7 Å². The highest BCUT2D eigenvalue weighted by atomic mass is 19.1. The van der Waals surface area contributed by atoms with Crippen molar-refractivity contribution >= 4 is 11.5 Å². The molecule has 182 valence electrons. The molecule has 0 amide bonds. The number of anilines is 2. The monoisotopic (exact) mass is 475 g/mol. The summed E-state index contributed by atoms with van der Waals surface area (Å²) in [5, 5.41) is 3.13. The molecule has 8 nitrogen and oxygen atoms in total. The first-order valence-electron chi connectivity index (χ1n) is 12.1. The molecule has 3 aliphatic rings. The van der Waals surface area contributed by atoms with E-state index in [1.54, 1.807) is 25.5 Å². The van der Waals surface area contributed by atoms with Crippen molar-refractivity contribution in [2.75, 3.05) is 30.4 Å². The molecule has 2 aliphatic carbocycles. The van der Waals surface area contributed by atoms with Crippen molar-refractivity contribution in [2.45, 2.75) is 45.1 Å². The Morgan fingerprint density at radius 2 is 1.91 bits per heavy atom. The lowest BCUT2D eigenvalue weighted by molar-refractivity contribution is 0.194. The van der Waals surface area contributed by atoms with Crippen molar-refractivity contribution in [3.8, 4) is 22.9 Å². The zero-order valence-electron chi connectivity index (χ0n) is 20.5. The standard InChI is InChI=1S/C26H30FN7O/c1-26(2,3)24-30-9-15(10-31-24)35-25-32-21-8-16-17(6-14(27)7-20(16)29-4)22(21)23(33-25)34-11-13-5-19(28)18(13)12-34/h6-7,9-10,13,18-19,29H,5,8,11-12,28H2,1-4H3/t13?,18?,19-/m1/s1. The van der Waals surface area contributed by atoms with Crippen molar-refractivity contribution in [3.63, 3.8) is 0 Å². The molecule has 35 heavy (non-hydrogen) atoms. The molecule has 1 aliphatic heterocycles. The normalized spacial score (nSPS) is 22.3. The molecule has 2 fully saturated rings. The molecule has 3 N–H and O–H groups in total. The molecule has 9 heteroatoms. The van der Waals surface area contributed by atoms with E-state index in [0.717, 1.165) is 59.2 Å². The maximum Gasteiger partial charge on any atom is 0.324 e. The van der Waals surface area contributed by atoms with E-state index < -0.39 is 0 Å². The summed E-state index contributed by atoms with van der Waals surface area (Å²) >= 11 is 0. The zero-order chi connectivity index (χ0) is 24.5. The van der Waals surface area contributed by atoms with E-state index >= 15 is 0 Å². The lowest BCUT2D eigenvalue weighted by Gasteiger charge is -2.36. The molecule has 0 radical (unpaired) electrons. The number of nitrogens with one attached hydrogen (secondary N) is 1. The number of hydrogen-bond acceptors (Lipinski definition) is 8. The third-order valence-corrected chi connectivity index (χ3v) is 7.47. The Kier molecular flexibility index (Phi) is 4.96. The Morgan fingerprint density at radius 1 is 1.14 bits per heavy atom. The van der Waals surface area contributed by atoms with E-state index in [0.29, 0.717) is 24.0 Å². The van der Waals surface area contributed by atoms with Crippen molar-refractivity contribution in [1.29, 1.82) is 0 Å². The van der Waals surface area contributed by atoms with Gasteiger partial charge in [-0.25, -0.2) is 14.4 Å². The predicted octanol–water partition coefficient (Wildman–Crippen LogP) is 3.89. The van der Waals surface area contributed by atoms with Gasteiger partial charge in [0, 0.05) is 49.3 Å². The van der Waals surface area contributed by atoms with Gasteiger partial charge >= 0.3 is 6.01 Å². The van der Waals surface area contributed by atoms with Crippen LogP contribution >= 0.6 is 0 Å². The van der Waals surface area contributed by atoms with Crippen molar-refractivity contribution in [2.24, 2.45) is 17.6 Å². The molecular weight excluding hydrogens is 445 g/mol. The minimum Gasteiger partial charge on any atom is -0.421 e. The minimum atomic E-state index is -0.285. The van der Waals surface area contributed by atoms with Crippen LogP contribution in [0.2, 0.25) is 0 Å². The molecule has 2 aromatic heterocycles. The van der Waals surface area contributed by atoms with Gasteiger partial charge in [-0.05, 0) is 41.5 Å². The Labute approximate surface area is 204 Å². The molecular formula is C26H30FN7O. The van der Waals surface area contributed by atoms with E-state index in [4.69, 9.17) is 20.4 Å². The highest BCUT2D eigenvalue weighted by Gasteiger charge is 2.46. The van der Waals surface area contributed by atoms with E-state index in [2.05, 4.69) is 41.0 Å². The molecule has 0 spiro atoms. The number of rotatable bonds is 4. The van der Waals surface area contributed by atoms with Crippen LogP contribution in [0.15, 0.2) is 24.5 Å². The summed E-state index contributed by atoms with van der Waals surface area (Å²) in [6.07, 6.45) is 4.92. The summed E-state index contributed by atoms with van der Waals surface area (Å²) in [6, 6.07) is 3.59. The van der Waals surface area contributed by atoms with Crippen molar-refractivity contribution < 1.29 is 9.13 Å². The summed E-state index contributed by atoms with van der Waals surface area (Å²) < 4.78 is 20.6. The average Bonchev–Trinajstić information content (AvgIpc) is 3.35. The molecule has 6 rings (SSSR count). The van der Waals surface area contributed by atoms with Gasteiger partial charge in [0.2, 0.25) is 0 Å². The summed E-state index contributed by atoms with van der Waals surface area (Å²) in [4.78, 5) is 20.8. The topological polar surface area (TPSA) is 102 Å². The van der Waals surface area contributed by atoms with Gasteiger partial charge in [0.15, 0.2) is 5.75 Å². The fourth-order valence-electron chi connectivity index (χ4n) is 5.58. The van der Waals surface area contributed by atoms with Gasteiger partial charge in [0.05, 0.1) is 18.1 Å². The first-order valence-corrected chi connectivity index (χ1v) is 12.1. The first-order chi connectivity index (χ1) is 16.7. The largest absolute Gasteiger partial charge is 0.421 e. The second kappa shape index (κ2) is 7.84. The SMILES string of the molecule is CNc1cc(F)cc2c1Cc1nc(Oc3cnc(C(C)(C)C)nc3)nc(N3CC4C[C@@H](N)C4C3)c1-2. The number of nitrogens with two attached hydrogens (primary N) is 1. The second-order valence-corrected chi connectivity index (χ2v) is 10.9. The molecule has 0 bridgehead atoms. The fourth-order valence-corrected chi connectivity index (χ4v) is 5.58. The zero-order valence-corrected chi connectivity index (χ0v) is 20.5. The maximum absolute atomic E-state index is 14.5. The third kappa shape index (κ3) is 3.69. The summed E-state index contributed by atoms with van der Waals surface area (Å²) in [6.45, 7) is 7.91. The van der Waals surface area contributed by atoms with Crippen LogP contribution in [-0.2, 0) is 11.8 Å².